The van der Waals surface area contributed by atoms with Gasteiger partial charge in [-0.2, -0.15) is 4.98 Å². The van der Waals surface area contributed by atoms with Crippen molar-refractivity contribution < 1.29 is 13.7 Å². The van der Waals surface area contributed by atoms with Gasteiger partial charge in [-0.1, -0.05) is 28.9 Å². The standard InChI is InChI=1S/C19H15ClN4O3/c1-25-15-8-2-12(3-9-15)10-16-21-17(27-24-16)11-18-22-23-19(26-18)13-4-6-14(20)7-5-13/h2-9H,10-11H2,1H3. The summed E-state index contributed by atoms with van der Waals surface area (Å²) in [7, 11) is 1.64. The molecule has 0 fully saturated rings. The molecule has 0 amide bonds. The van der Waals surface area contributed by atoms with Crippen molar-refractivity contribution in [2.24, 2.45) is 0 Å². The van der Waals surface area contributed by atoms with Gasteiger partial charge in [0.05, 0.1) is 7.11 Å². The van der Waals surface area contributed by atoms with Crippen LogP contribution in [0.5, 0.6) is 5.75 Å². The van der Waals surface area contributed by atoms with Gasteiger partial charge >= 0.3 is 0 Å². The zero-order valence-corrected chi connectivity index (χ0v) is 15.2. The molecule has 2 aromatic carbocycles. The summed E-state index contributed by atoms with van der Waals surface area (Å²) in [6.07, 6.45) is 0.837. The largest absolute Gasteiger partial charge is 0.497 e. The third-order valence-electron chi connectivity index (χ3n) is 3.89. The Morgan fingerprint density at radius 2 is 1.70 bits per heavy atom. The number of benzene rings is 2. The maximum atomic E-state index is 5.89. The average Bonchev–Trinajstić information content (AvgIpc) is 3.33. The Morgan fingerprint density at radius 1 is 0.926 bits per heavy atom. The molecule has 0 bridgehead atoms. The lowest BCUT2D eigenvalue weighted by atomic mass is 10.1. The fourth-order valence-electron chi connectivity index (χ4n) is 2.52. The molecule has 0 aliphatic carbocycles. The van der Waals surface area contributed by atoms with E-state index in [9.17, 15) is 0 Å². The van der Waals surface area contributed by atoms with Crippen LogP contribution >= 0.6 is 11.6 Å². The first-order valence-corrected chi connectivity index (χ1v) is 8.60. The minimum atomic E-state index is 0.274. The third-order valence-corrected chi connectivity index (χ3v) is 4.14. The average molecular weight is 383 g/mol. The van der Waals surface area contributed by atoms with Crippen molar-refractivity contribution in [1.29, 1.82) is 0 Å². The summed E-state index contributed by atoms with van der Waals surface area (Å²) in [5.74, 6) is 2.64. The molecule has 0 spiro atoms. The number of aromatic nitrogens is 4. The van der Waals surface area contributed by atoms with Crippen LogP contribution < -0.4 is 4.74 Å². The zero-order valence-electron chi connectivity index (χ0n) is 14.4. The van der Waals surface area contributed by atoms with E-state index in [-0.39, 0.29) is 6.42 Å². The Balaban J connectivity index is 1.42. The summed E-state index contributed by atoms with van der Waals surface area (Å²) >= 11 is 5.89. The van der Waals surface area contributed by atoms with Crippen LogP contribution in [0.1, 0.15) is 23.2 Å². The second-order valence-electron chi connectivity index (χ2n) is 5.81. The van der Waals surface area contributed by atoms with Crippen LogP contribution in [-0.4, -0.2) is 27.4 Å². The van der Waals surface area contributed by atoms with Crippen LogP contribution in [0.2, 0.25) is 5.02 Å². The topological polar surface area (TPSA) is 87.1 Å². The molecule has 0 atom stereocenters. The Hall–Kier alpha value is -3.19. The Morgan fingerprint density at radius 3 is 2.44 bits per heavy atom. The van der Waals surface area contributed by atoms with Gasteiger partial charge in [0.1, 0.15) is 12.2 Å². The van der Waals surface area contributed by atoms with Gasteiger partial charge in [0.15, 0.2) is 5.82 Å². The van der Waals surface area contributed by atoms with E-state index in [1.807, 2.05) is 36.4 Å². The molecule has 4 aromatic rings. The number of ether oxygens (including phenoxy) is 1. The van der Waals surface area contributed by atoms with Gasteiger partial charge in [-0.15, -0.1) is 10.2 Å². The SMILES string of the molecule is COc1ccc(Cc2noc(Cc3nnc(-c4ccc(Cl)cc4)o3)n2)cc1. The highest BCUT2D eigenvalue weighted by molar-refractivity contribution is 6.30. The van der Waals surface area contributed by atoms with Crippen molar-refractivity contribution in [3.8, 4) is 17.2 Å². The van der Waals surface area contributed by atoms with Crippen LogP contribution in [0.25, 0.3) is 11.5 Å². The first-order valence-electron chi connectivity index (χ1n) is 8.22. The maximum Gasteiger partial charge on any atom is 0.247 e. The van der Waals surface area contributed by atoms with Gasteiger partial charge in [0.2, 0.25) is 17.7 Å². The van der Waals surface area contributed by atoms with E-state index in [2.05, 4.69) is 20.3 Å². The Labute approximate surface area is 160 Å². The molecule has 2 aromatic heterocycles. The summed E-state index contributed by atoms with van der Waals surface area (Å²) in [6.45, 7) is 0. The third kappa shape index (κ3) is 4.15. The van der Waals surface area contributed by atoms with Crippen LogP contribution in [0.3, 0.4) is 0 Å². The van der Waals surface area contributed by atoms with E-state index in [0.717, 1.165) is 16.9 Å². The van der Waals surface area contributed by atoms with Gasteiger partial charge in [-0.25, -0.2) is 0 Å². The number of halogens is 1. The molecule has 0 radical (unpaired) electrons. The van der Waals surface area contributed by atoms with Crippen molar-refractivity contribution in [2.45, 2.75) is 12.8 Å². The lowest BCUT2D eigenvalue weighted by Gasteiger charge is -2.00. The van der Waals surface area contributed by atoms with E-state index in [1.165, 1.54) is 0 Å². The first-order chi connectivity index (χ1) is 13.2. The Kier molecular flexibility index (Phi) is 4.84. The molecule has 8 heteroatoms. The van der Waals surface area contributed by atoms with E-state index in [1.54, 1.807) is 19.2 Å². The van der Waals surface area contributed by atoms with E-state index >= 15 is 0 Å². The summed E-state index contributed by atoms with van der Waals surface area (Å²) in [5, 5.41) is 12.7. The van der Waals surface area contributed by atoms with E-state index < -0.39 is 0 Å². The van der Waals surface area contributed by atoms with Crippen molar-refractivity contribution in [1.82, 2.24) is 20.3 Å². The highest BCUT2D eigenvalue weighted by Gasteiger charge is 2.14. The molecule has 4 rings (SSSR count). The van der Waals surface area contributed by atoms with Gasteiger partial charge in [-0.05, 0) is 42.0 Å². The summed E-state index contributed by atoms with van der Waals surface area (Å²) in [6, 6.07) is 14.9. The molecule has 0 aliphatic heterocycles. The van der Waals surface area contributed by atoms with Gasteiger partial charge in [0.25, 0.3) is 0 Å². The predicted molar refractivity (Wildman–Crippen MR) is 97.6 cm³/mol. The minimum absolute atomic E-state index is 0.274. The zero-order chi connectivity index (χ0) is 18.6. The van der Waals surface area contributed by atoms with Crippen LogP contribution in [0.15, 0.2) is 57.5 Å². The molecule has 2 heterocycles. The van der Waals surface area contributed by atoms with Crippen molar-refractivity contribution in [3.63, 3.8) is 0 Å². The minimum Gasteiger partial charge on any atom is -0.497 e. The second-order valence-corrected chi connectivity index (χ2v) is 6.25. The van der Waals surface area contributed by atoms with Crippen LogP contribution in [-0.2, 0) is 12.8 Å². The maximum absolute atomic E-state index is 5.89. The number of rotatable bonds is 6. The first kappa shape index (κ1) is 17.2. The molecule has 0 saturated heterocycles. The van der Waals surface area contributed by atoms with Crippen molar-refractivity contribution >= 4 is 11.6 Å². The van der Waals surface area contributed by atoms with Crippen molar-refractivity contribution in [2.75, 3.05) is 7.11 Å². The number of nitrogens with zero attached hydrogens (tertiary/aromatic N) is 4. The number of hydrogen-bond donors (Lipinski definition) is 0. The normalized spacial score (nSPS) is 10.9. The number of hydrogen-bond acceptors (Lipinski definition) is 7. The van der Waals surface area contributed by atoms with Crippen LogP contribution in [0, 0.1) is 0 Å². The quantitative estimate of drug-likeness (QED) is 0.498. The van der Waals surface area contributed by atoms with Crippen molar-refractivity contribution in [3.05, 3.63) is 76.7 Å². The summed E-state index contributed by atoms with van der Waals surface area (Å²) in [5.41, 5.74) is 1.86. The highest BCUT2D eigenvalue weighted by Crippen LogP contribution is 2.21. The van der Waals surface area contributed by atoms with E-state index in [0.29, 0.717) is 34.9 Å². The summed E-state index contributed by atoms with van der Waals surface area (Å²) in [4.78, 5) is 4.38. The molecule has 0 saturated carbocycles. The lowest BCUT2D eigenvalue weighted by molar-refractivity contribution is 0.369. The molecular weight excluding hydrogens is 368 g/mol. The summed E-state index contributed by atoms with van der Waals surface area (Å²) < 4.78 is 16.1. The molecule has 0 aliphatic rings. The number of methoxy groups -OCH3 is 1. The lowest BCUT2D eigenvalue weighted by Crippen LogP contribution is -1.93. The predicted octanol–water partition coefficient (Wildman–Crippen LogP) is 3.96. The molecule has 7 nitrogen and oxygen atoms in total. The van der Waals surface area contributed by atoms with Gasteiger partial charge in [0, 0.05) is 17.0 Å². The molecular formula is C19H15ClN4O3. The monoisotopic (exact) mass is 382 g/mol. The highest BCUT2D eigenvalue weighted by atomic mass is 35.5. The molecule has 136 valence electrons. The fraction of sp³-hybridized carbons (Fsp3) is 0.158. The van der Waals surface area contributed by atoms with Gasteiger partial charge < -0.3 is 13.7 Å². The second kappa shape index (κ2) is 7.59. The smallest absolute Gasteiger partial charge is 0.247 e. The Bertz CT molecular complexity index is 1030. The molecule has 27 heavy (non-hydrogen) atoms. The van der Waals surface area contributed by atoms with Gasteiger partial charge in [-0.3, -0.25) is 0 Å². The van der Waals surface area contributed by atoms with Crippen LogP contribution in [0.4, 0.5) is 0 Å². The molecule has 0 N–H and O–H groups in total. The fourth-order valence-corrected chi connectivity index (χ4v) is 2.65. The molecule has 0 unspecified atom stereocenters. The van der Waals surface area contributed by atoms with E-state index in [4.69, 9.17) is 25.3 Å².